The molecule has 2 aromatic carbocycles. The Morgan fingerprint density at radius 2 is 1.82 bits per heavy atom. The molecular weight excluding hydrogens is 488 g/mol. The number of benzene rings is 2. The molecule has 0 aliphatic heterocycles. The van der Waals surface area contributed by atoms with E-state index in [1.54, 1.807) is 12.4 Å². The van der Waals surface area contributed by atoms with Gasteiger partial charge >= 0.3 is 5.82 Å². The van der Waals surface area contributed by atoms with Gasteiger partial charge in [0.2, 0.25) is 5.91 Å². The average molecular weight is 516 g/mol. The fourth-order valence-corrected chi connectivity index (χ4v) is 4.81. The summed E-state index contributed by atoms with van der Waals surface area (Å²) in [5.74, 6) is 0.465. The zero-order valence-electron chi connectivity index (χ0n) is 21.4. The summed E-state index contributed by atoms with van der Waals surface area (Å²) in [7, 11) is 0. The highest BCUT2D eigenvalue weighted by Crippen LogP contribution is 2.26. The number of nitrogens with one attached hydrogen (secondary N) is 1. The Hall–Kier alpha value is -4.95. The number of rotatable bonds is 7. The lowest BCUT2D eigenvalue weighted by Crippen LogP contribution is -2.28. The van der Waals surface area contributed by atoms with E-state index in [0.29, 0.717) is 5.82 Å². The predicted octanol–water partition coefficient (Wildman–Crippen LogP) is 4.13. The van der Waals surface area contributed by atoms with Crippen LogP contribution >= 0.6 is 0 Å². The van der Waals surface area contributed by atoms with Crippen LogP contribution in [-0.2, 0) is 17.8 Å². The smallest absolute Gasteiger partial charge is 0.308 e. The minimum absolute atomic E-state index is 0.0603. The monoisotopic (exact) mass is 515 g/mol. The number of fused-ring (bicyclic) bond motifs is 3. The maximum atomic E-state index is 12.5. The van der Waals surface area contributed by atoms with Crippen LogP contribution in [-0.4, -0.2) is 30.8 Å². The van der Waals surface area contributed by atoms with E-state index in [-0.39, 0.29) is 25.0 Å². The average Bonchev–Trinajstić information content (AvgIpc) is 3.37. The third-order valence-corrected chi connectivity index (χ3v) is 6.81. The highest BCUT2D eigenvalue weighted by Gasteiger charge is 2.24. The van der Waals surface area contributed by atoms with Crippen molar-refractivity contribution in [2.45, 2.75) is 26.0 Å². The minimum Gasteiger partial charge on any atom is -0.385 e. The lowest BCUT2D eigenvalue weighted by atomic mass is 10.1. The molecule has 4 aromatic heterocycles. The van der Waals surface area contributed by atoms with Crippen LogP contribution in [0.3, 0.4) is 0 Å². The number of nitrogens with zero attached hydrogens (tertiary/aromatic N) is 5. The molecular formula is C31H27N6O2+. The molecule has 6 rings (SSSR count). The molecule has 0 bridgehead atoms. The van der Waals surface area contributed by atoms with Gasteiger partial charge in [0.1, 0.15) is 12.3 Å². The maximum absolute atomic E-state index is 12.5. The van der Waals surface area contributed by atoms with Crippen molar-refractivity contribution in [2.24, 2.45) is 0 Å². The Morgan fingerprint density at radius 1 is 1.00 bits per heavy atom. The molecule has 0 aliphatic carbocycles. The van der Waals surface area contributed by atoms with Crippen LogP contribution in [0.15, 0.2) is 104 Å². The summed E-state index contributed by atoms with van der Waals surface area (Å²) < 4.78 is 3.73. The normalized spacial score (nSPS) is 12.1. The Balaban J connectivity index is 1.34. The van der Waals surface area contributed by atoms with Gasteiger partial charge < -0.3 is 10.4 Å². The summed E-state index contributed by atoms with van der Waals surface area (Å²) in [6, 6.07) is 25.6. The zero-order valence-corrected chi connectivity index (χ0v) is 21.4. The van der Waals surface area contributed by atoms with Crippen LogP contribution in [0.25, 0.3) is 33.4 Å². The summed E-state index contributed by atoms with van der Waals surface area (Å²) >= 11 is 0. The number of carbonyl (C=O) groups is 1. The van der Waals surface area contributed by atoms with E-state index >= 15 is 0 Å². The van der Waals surface area contributed by atoms with Gasteiger partial charge in [0, 0.05) is 29.3 Å². The summed E-state index contributed by atoms with van der Waals surface area (Å²) in [5.41, 5.74) is 6.41. The van der Waals surface area contributed by atoms with Gasteiger partial charge in [-0.1, -0.05) is 53.2 Å². The van der Waals surface area contributed by atoms with Crippen LogP contribution < -0.4 is 9.72 Å². The number of aromatic nitrogens is 5. The summed E-state index contributed by atoms with van der Waals surface area (Å²) in [5, 5.41) is 18.8. The highest BCUT2D eigenvalue weighted by atomic mass is 16.3. The van der Waals surface area contributed by atoms with E-state index in [0.717, 1.165) is 44.5 Å². The largest absolute Gasteiger partial charge is 0.385 e. The van der Waals surface area contributed by atoms with Gasteiger partial charge in [-0.3, -0.25) is 14.8 Å². The van der Waals surface area contributed by atoms with Crippen molar-refractivity contribution in [2.75, 3.05) is 0 Å². The van der Waals surface area contributed by atoms with Gasteiger partial charge in [-0.05, 0) is 53.9 Å². The van der Waals surface area contributed by atoms with Crippen LogP contribution in [0.5, 0.6) is 0 Å². The molecule has 0 saturated carbocycles. The molecule has 0 fully saturated rings. The van der Waals surface area contributed by atoms with Gasteiger partial charge in [-0.25, -0.2) is 0 Å². The van der Waals surface area contributed by atoms with Crippen LogP contribution in [0, 0.1) is 0 Å². The second kappa shape index (κ2) is 10.4. The molecule has 192 valence electrons. The summed E-state index contributed by atoms with van der Waals surface area (Å²) in [6.07, 6.45) is 7.44. The minimum atomic E-state index is -0.205. The molecule has 6 aromatic rings. The van der Waals surface area contributed by atoms with Gasteiger partial charge in [-0.2, -0.15) is 4.40 Å². The van der Waals surface area contributed by atoms with Crippen LogP contribution in [0.2, 0.25) is 0 Å². The molecule has 1 unspecified atom stereocenters. The van der Waals surface area contributed by atoms with E-state index in [2.05, 4.69) is 28.5 Å². The number of aliphatic hydroxyl groups excluding tert-OH is 1. The van der Waals surface area contributed by atoms with Gasteiger partial charge in [0.05, 0.1) is 29.6 Å². The first-order chi connectivity index (χ1) is 19.1. The van der Waals surface area contributed by atoms with Crippen molar-refractivity contribution < 1.29 is 14.3 Å². The zero-order chi connectivity index (χ0) is 26.8. The Morgan fingerprint density at radius 3 is 2.56 bits per heavy atom. The molecule has 8 heteroatoms. The van der Waals surface area contributed by atoms with E-state index in [4.69, 9.17) is 10.1 Å². The molecule has 0 saturated heterocycles. The molecule has 39 heavy (non-hydrogen) atoms. The molecule has 8 nitrogen and oxygen atoms in total. The Kier molecular flexibility index (Phi) is 6.52. The van der Waals surface area contributed by atoms with Gasteiger partial charge in [-0.15, -0.1) is 0 Å². The fourth-order valence-electron chi connectivity index (χ4n) is 4.81. The predicted molar refractivity (Wildman–Crippen MR) is 148 cm³/mol. The molecule has 0 spiro atoms. The summed E-state index contributed by atoms with van der Waals surface area (Å²) in [6.45, 7) is 1.76. The van der Waals surface area contributed by atoms with Crippen molar-refractivity contribution in [1.29, 1.82) is 0 Å². The highest BCUT2D eigenvalue weighted by molar-refractivity contribution is 5.92. The number of carbonyl (C=O) groups excluding carboxylic acids is 1. The first-order valence-electron chi connectivity index (χ1n) is 12.8. The fraction of sp³-hybridized carbons (Fsp3) is 0.129. The lowest BCUT2D eigenvalue weighted by molar-refractivity contribution is -0.524. The third kappa shape index (κ3) is 4.85. The number of hydrogen-bond donors (Lipinski definition) is 2. The van der Waals surface area contributed by atoms with E-state index in [1.165, 1.54) is 0 Å². The second-order valence-electron chi connectivity index (χ2n) is 9.44. The molecule has 1 amide bonds. The second-order valence-corrected chi connectivity index (χ2v) is 9.44. The van der Waals surface area contributed by atoms with Crippen molar-refractivity contribution >= 4 is 22.5 Å². The number of hydrogen-bond acceptors (Lipinski definition) is 5. The van der Waals surface area contributed by atoms with Crippen molar-refractivity contribution in [3.63, 3.8) is 0 Å². The molecule has 2 N–H and O–H groups in total. The third-order valence-electron chi connectivity index (χ3n) is 6.81. The van der Waals surface area contributed by atoms with Crippen molar-refractivity contribution in [1.82, 2.24) is 25.1 Å². The first kappa shape index (κ1) is 24.4. The lowest BCUT2D eigenvalue weighted by Gasteiger charge is -2.14. The standard InChI is InChI=1S/C31H26N6O2/c1-21(34-30(39)16-22-6-5-14-32-18-22)23-9-11-26(12-10-23)37-31-27-17-25(24-7-3-2-4-8-24)19-33-28(27)13-15-36(31)29(20-38)35-37/h2-15,17-19,21,38H,16,20H2,1H3/p+1. The number of pyridine rings is 3. The van der Waals surface area contributed by atoms with E-state index < -0.39 is 0 Å². The number of amides is 1. The Bertz CT molecular complexity index is 1770. The number of aliphatic hydroxyl groups is 1. The maximum Gasteiger partial charge on any atom is 0.308 e. The first-order valence-corrected chi connectivity index (χ1v) is 12.8. The van der Waals surface area contributed by atoms with E-state index in [1.807, 2.05) is 89.1 Å². The van der Waals surface area contributed by atoms with Crippen molar-refractivity contribution in [3.8, 4) is 16.8 Å². The van der Waals surface area contributed by atoms with Crippen LogP contribution in [0.4, 0.5) is 0 Å². The van der Waals surface area contributed by atoms with Crippen LogP contribution in [0.1, 0.15) is 29.9 Å². The quantitative estimate of drug-likeness (QED) is 0.312. The SMILES string of the molecule is CC(NC(=O)Cc1cccnc1)c1ccc(-n2nc(CO)[n+]3ccc4ncc(-c5ccccc5)cc4c23)cc1. The summed E-state index contributed by atoms with van der Waals surface area (Å²) in [4.78, 5) is 21.3. The van der Waals surface area contributed by atoms with Gasteiger partial charge in [0.15, 0.2) is 0 Å². The molecule has 0 aliphatic rings. The molecule has 0 radical (unpaired) electrons. The van der Waals surface area contributed by atoms with Gasteiger partial charge in [0.25, 0.3) is 5.65 Å². The topological polar surface area (TPSA) is 97.0 Å². The van der Waals surface area contributed by atoms with E-state index in [9.17, 15) is 9.90 Å². The molecule has 4 heterocycles. The Labute approximate surface area is 225 Å². The molecule has 1 atom stereocenters. The van der Waals surface area contributed by atoms with Crippen molar-refractivity contribution in [3.05, 3.63) is 121 Å².